The summed E-state index contributed by atoms with van der Waals surface area (Å²) in [6.45, 7) is 1.82. The first-order valence-corrected chi connectivity index (χ1v) is 7.52. The van der Waals surface area contributed by atoms with E-state index in [-0.39, 0.29) is 22.1 Å². The average molecular weight is 421 g/mol. The molecule has 110 valence electrons. The Kier molecular flexibility index (Phi) is 5.00. The topological polar surface area (TPSA) is 62.2 Å². The molecule has 2 N–H and O–H groups in total. The summed E-state index contributed by atoms with van der Waals surface area (Å²) < 4.78 is 14.7. The zero-order valence-electron chi connectivity index (χ0n) is 11.0. The quantitative estimate of drug-likeness (QED) is 0.565. The van der Waals surface area contributed by atoms with E-state index in [1.807, 2.05) is 29.5 Å². The van der Waals surface area contributed by atoms with Gasteiger partial charge in [0.1, 0.15) is 16.5 Å². The second kappa shape index (κ2) is 6.57. The molecule has 0 unspecified atom stereocenters. The van der Waals surface area contributed by atoms with Crippen LogP contribution in [0.25, 0.3) is 0 Å². The third-order valence-electron chi connectivity index (χ3n) is 2.90. The van der Waals surface area contributed by atoms with Gasteiger partial charge in [-0.15, -0.1) is 0 Å². The number of pyridine rings is 1. The van der Waals surface area contributed by atoms with Crippen molar-refractivity contribution in [1.29, 1.82) is 0 Å². The zero-order valence-corrected chi connectivity index (χ0v) is 13.9. The van der Waals surface area contributed by atoms with Gasteiger partial charge in [-0.3, -0.25) is 0 Å². The van der Waals surface area contributed by atoms with Crippen LogP contribution in [0.3, 0.4) is 0 Å². The lowest BCUT2D eigenvalue weighted by Crippen LogP contribution is -2.08. The minimum atomic E-state index is -1.15. The lowest BCUT2D eigenvalue weighted by Gasteiger charge is -2.15. The van der Waals surface area contributed by atoms with Gasteiger partial charge >= 0.3 is 5.97 Å². The predicted octanol–water partition coefficient (Wildman–Crippen LogP) is 4.48. The molecule has 2 rings (SSSR count). The second-order valence-electron chi connectivity index (χ2n) is 4.22. The van der Waals surface area contributed by atoms with E-state index in [9.17, 15) is 14.3 Å². The molecule has 0 saturated heterocycles. The van der Waals surface area contributed by atoms with Crippen LogP contribution < -0.4 is 5.32 Å². The minimum Gasteiger partial charge on any atom is -0.478 e. The van der Waals surface area contributed by atoms with Crippen LogP contribution in [-0.4, -0.2) is 16.1 Å². The van der Waals surface area contributed by atoms with Gasteiger partial charge in [0, 0.05) is 15.3 Å². The molecule has 0 aliphatic carbocycles. The van der Waals surface area contributed by atoms with Gasteiger partial charge in [-0.05, 0) is 47.2 Å². The number of rotatable bonds is 4. The molecule has 1 heterocycles. The standard InChI is InChI=1S/C14H11ClFIN2O2/c1-2-8-12(9(14(20)21)6-18-13(8)15)19-11-4-3-7(17)5-10(11)16/h3-6H,2H2,1H3,(H,18,19)(H,20,21). The fourth-order valence-corrected chi connectivity index (χ4v) is 2.61. The number of aromatic nitrogens is 1. The van der Waals surface area contributed by atoms with Gasteiger partial charge in [0.25, 0.3) is 0 Å². The number of carbonyl (C=O) groups is 1. The van der Waals surface area contributed by atoms with Crippen LogP contribution in [-0.2, 0) is 6.42 Å². The van der Waals surface area contributed by atoms with E-state index in [0.717, 1.165) is 9.77 Å². The maximum absolute atomic E-state index is 13.9. The summed E-state index contributed by atoms with van der Waals surface area (Å²) in [5, 5.41) is 12.3. The van der Waals surface area contributed by atoms with E-state index in [4.69, 9.17) is 11.6 Å². The van der Waals surface area contributed by atoms with Crippen LogP contribution in [0.4, 0.5) is 15.8 Å². The molecule has 7 heteroatoms. The Hall–Kier alpha value is -1.41. The highest BCUT2D eigenvalue weighted by Gasteiger charge is 2.18. The van der Waals surface area contributed by atoms with Gasteiger partial charge in [0.15, 0.2) is 0 Å². The summed E-state index contributed by atoms with van der Waals surface area (Å²) in [6, 6.07) is 4.63. The number of hydrogen-bond donors (Lipinski definition) is 2. The molecule has 0 saturated carbocycles. The van der Waals surface area contributed by atoms with Crippen LogP contribution in [0, 0.1) is 9.39 Å². The SMILES string of the molecule is CCc1c(Cl)ncc(C(=O)O)c1Nc1ccc(I)cc1F. The molecule has 1 aromatic carbocycles. The summed E-state index contributed by atoms with van der Waals surface area (Å²) in [5.74, 6) is -1.62. The summed E-state index contributed by atoms with van der Waals surface area (Å²) in [7, 11) is 0. The van der Waals surface area contributed by atoms with E-state index in [2.05, 4.69) is 10.3 Å². The number of hydrogen-bond acceptors (Lipinski definition) is 3. The number of carboxylic acids is 1. The zero-order chi connectivity index (χ0) is 15.6. The van der Waals surface area contributed by atoms with Crippen LogP contribution in [0.2, 0.25) is 5.15 Å². The largest absolute Gasteiger partial charge is 0.478 e. The number of aromatic carboxylic acids is 1. The van der Waals surface area contributed by atoms with Gasteiger partial charge in [-0.1, -0.05) is 18.5 Å². The van der Waals surface area contributed by atoms with Crippen molar-refractivity contribution in [2.45, 2.75) is 13.3 Å². The number of benzene rings is 1. The minimum absolute atomic E-state index is 0.0470. The van der Waals surface area contributed by atoms with Crippen molar-refractivity contribution in [3.63, 3.8) is 0 Å². The maximum atomic E-state index is 13.9. The van der Waals surface area contributed by atoms with Crippen molar-refractivity contribution in [3.05, 3.63) is 50.1 Å². The normalized spacial score (nSPS) is 10.5. The Morgan fingerprint density at radius 3 is 2.81 bits per heavy atom. The van der Waals surface area contributed by atoms with Gasteiger partial charge in [-0.2, -0.15) is 0 Å². The van der Waals surface area contributed by atoms with E-state index < -0.39 is 11.8 Å². The number of nitrogens with one attached hydrogen (secondary N) is 1. The lowest BCUT2D eigenvalue weighted by molar-refractivity contribution is 0.0697. The first kappa shape index (κ1) is 16.0. The van der Waals surface area contributed by atoms with E-state index >= 15 is 0 Å². The Morgan fingerprint density at radius 2 is 2.24 bits per heavy atom. The molecule has 1 aromatic heterocycles. The molecule has 0 fully saturated rings. The molecule has 21 heavy (non-hydrogen) atoms. The molecule has 0 spiro atoms. The molecule has 0 radical (unpaired) electrons. The number of nitrogens with zero attached hydrogens (tertiary/aromatic N) is 1. The van der Waals surface area contributed by atoms with Gasteiger partial charge < -0.3 is 10.4 Å². The summed E-state index contributed by atoms with van der Waals surface area (Å²) >= 11 is 8.00. The first-order valence-electron chi connectivity index (χ1n) is 6.06. The highest BCUT2D eigenvalue weighted by Crippen LogP contribution is 2.31. The van der Waals surface area contributed by atoms with Crippen molar-refractivity contribution < 1.29 is 14.3 Å². The van der Waals surface area contributed by atoms with Gasteiger partial charge in [0.2, 0.25) is 0 Å². The molecule has 0 aliphatic heterocycles. The third kappa shape index (κ3) is 3.44. The Bertz CT molecular complexity index is 710. The lowest BCUT2D eigenvalue weighted by atomic mass is 10.1. The fraction of sp³-hybridized carbons (Fsp3) is 0.143. The monoisotopic (exact) mass is 420 g/mol. The van der Waals surface area contributed by atoms with E-state index in [1.165, 1.54) is 6.07 Å². The van der Waals surface area contributed by atoms with Crippen LogP contribution >= 0.6 is 34.2 Å². The number of halogens is 3. The number of anilines is 2. The van der Waals surface area contributed by atoms with E-state index in [1.54, 1.807) is 12.1 Å². The van der Waals surface area contributed by atoms with E-state index in [0.29, 0.717) is 12.0 Å². The summed E-state index contributed by atoms with van der Waals surface area (Å²) in [6.07, 6.45) is 1.64. The Balaban J connectivity index is 2.56. The highest BCUT2D eigenvalue weighted by atomic mass is 127. The Morgan fingerprint density at radius 1 is 1.52 bits per heavy atom. The third-order valence-corrected chi connectivity index (χ3v) is 3.90. The van der Waals surface area contributed by atoms with Gasteiger partial charge in [0.05, 0.1) is 11.4 Å². The first-order chi connectivity index (χ1) is 9.93. The van der Waals surface area contributed by atoms with Crippen LogP contribution in [0.15, 0.2) is 24.4 Å². The highest BCUT2D eigenvalue weighted by molar-refractivity contribution is 14.1. The van der Waals surface area contributed by atoms with Crippen molar-refractivity contribution in [2.24, 2.45) is 0 Å². The van der Waals surface area contributed by atoms with Crippen LogP contribution in [0.5, 0.6) is 0 Å². The molecule has 4 nitrogen and oxygen atoms in total. The summed E-state index contributed by atoms with van der Waals surface area (Å²) in [5.41, 5.74) is 0.948. The fourth-order valence-electron chi connectivity index (χ4n) is 1.88. The molecule has 0 bridgehead atoms. The molecular weight excluding hydrogens is 410 g/mol. The van der Waals surface area contributed by atoms with Crippen LogP contribution in [0.1, 0.15) is 22.8 Å². The van der Waals surface area contributed by atoms with Crippen molar-refractivity contribution in [3.8, 4) is 0 Å². The van der Waals surface area contributed by atoms with Crippen molar-refractivity contribution >= 4 is 51.5 Å². The smallest absolute Gasteiger partial charge is 0.339 e. The second-order valence-corrected chi connectivity index (χ2v) is 5.83. The molecule has 2 aromatic rings. The van der Waals surface area contributed by atoms with Crippen molar-refractivity contribution in [1.82, 2.24) is 4.98 Å². The predicted molar refractivity (Wildman–Crippen MR) is 88.0 cm³/mol. The maximum Gasteiger partial charge on any atom is 0.339 e. The molecule has 0 amide bonds. The summed E-state index contributed by atoms with van der Waals surface area (Å²) in [4.78, 5) is 15.2. The number of carboxylic acid groups (broad SMARTS) is 1. The Labute approximate surface area is 139 Å². The molecule has 0 atom stereocenters. The molecule has 0 aliphatic rings. The van der Waals surface area contributed by atoms with Gasteiger partial charge in [-0.25, -0.2) is 14.2 Å². The van der Waals surface area contributed by atoms with Crippen molar-refractivity contribution in [2.75, 3.05) is 5.32 Å². The average Bonchev–Trinajstić information content (AvgIpc) is 2.41. The molecular formula is C14H11ClFIN2O2.